The minimum Gasteiger partial charge on any atom is -0.309 e. The third-order valence-corrected chi connectivity index (χ3v) is 4.05. The molecule has 118 valence electrons. The Balaban J connectivity index is 1.75. The van der Waals surface area contributed by atoms with Gasteiger partial charge in [0.1, 0.15) is 11.3 Å². The van der Waals surface area contributed by atoms with Crippen LogP contribution in [0.25, 0.3) is 11.2 Å². The highest BCUT2D eigenvalue weighted by Crippen LogP contribution is 2.38. The lowest BCUT2D eigenvalue weighted by atomic mass is 10.1. The van der Waals surface area contributed by atoms with Gasteiger partial charge in [0.15, 0.2) is 5.65 Å². The van der Waals surface area contributed by atoms with Gasteiger partial charge in [-0.1, -0.05) is 18.2 Å². The topological polar surface area (TPSA) is 30.7 Å². The highest BCUT2D eigenvalue weighted by Gasteiger charge is 2.31. The van der Waals surface area contributed by atoms with Crippen LogP contribution in [-0.4, -0.2) is 14.5 Å². The second-order valence-corrected chi connectivity index (χ2v) is 5.85. The molecule has 1 saturated carbocycles. The molecule has 1 aliphatic rings. The number of hydrogen-bond acceptors (Lipinski definition) is 2. The molecule has 3 nitrogen and oxygen atoms in total. The summed E-state index contributed by atoms with van der Waals surface area (Å²) >= 11 is 0. The van der Waals surface area contributed by atoms with Gasteiger partial charge in [-0.05, 0) is 36.6 Å². The Morgan fingerprint density at radius 1 is 1.13 bits per heavy atom. The van der Waals surface area contributed by atoms with E-state index < -0.39 is 11.7 Å². The van der Waals surface area contributed by atoms with Crippen molar-refractivity contribution < 1.29 is 13.2 Å². The molecule has 0 bridgehead atoms. The number of halogens is 3. The molecule has 3 aromatic rings. The van der Waals surface area contributed by atoms with Crippen LogP contribution in [-0.2, 0) is 12.6 Å². The molecule has 0 unspecified atom stereocenters. The summed E-state index contributed by atoms with van der Waals surface area (Å²) in [6.45, 7) is 0. The van der Waals surface area contributed by atoms with E-state index in [1.165, 1.54) is 12.1 Å². The normalized spacial score (nSPS) is 15.3. The van der Waals surface area contributed by atoms with Crippen molar-refractivity contribution in [3.05, 3.63) is 59.5 Å². The van der Waals surface area contributed by atoms with Crippen molar-refractivity contribution in [2.24, 2.45) is 0 Å². The summed E-state index contributed by atoms with van der Waals surface area (Å²) in [6, 6.07) is 9.52. The van der Waals surface area contributed by atoms with Gasteiger partial charge in [-0.2, -0.15) is 13.2 Å². The molecule has 0 aliphatic heterocycles. The number of aromatic nitrogens is 3. The Bertz CT molecular complexity index is 863. The number of rotatable bonds is 3. The molecule has 1 fully saturated rings. The van der Waals surface area contributed by atoms with E-state index in [0.29, 0.717) is 18.0 Å². The van der Waals surface area contributed by atoms with Gasteiger partial charge in [0.05, 0.1) is 5.56 Å². The molecular formula is C17H14F3N3. The maximum atomic E-state index is 12.9. The molecule has 0 atom stereocenters. The zero-order valence-electron chi connectivity index (χ0n) is 12.2. The smallest absolute Gasteiger partial charge is 0.309 e. The molecular weight excluding hydrogens is 303 g/mol. The predicted molar refractivity (Wildman–Crippen MR) is 80.0 cm³/mol. The van der Waals surface area contributed by atoms with E-state index in [4.69, 9.17) is 0 Å². The average molecular weight is 317 g/mol. The third kappa shape index (κ3) is 2.69. The number of pyridine rings is 1. The zero-order chi connectivity index (χ0) is 16.0. The fraction of sp³-hybridized carbons (Fsp3) is 0.294. The Kier molecular flexibility index (Phi) is 3.14. The highest BCUT2D eigenvalue weighted by molar-refractivity contribution is 5.71. The van der Waals surface area contributed by atoms with Gasteiger partial charge < -0.3 is 4.57 Å². The average Bonchev–Trinajstić information content (AvgIpc) is 3.28. The summed E-state index contributed by atoms with van der Waals surface area (Å²) in [5.41, 5.74) is 1.59. The van der Waals surface area contributed by atoms with Gasteiger partial charge in [0.2, 0.25) is 0 Å². The van der Waals surface area contributed by atoms with Crippen LogP contribution < -0.4 is 0 Å². The summed E-state index contributed by atoms with van der Waals surface area (Å²) in [5, 5.41) is 0. The summed E-state index contributed by atoms with van der Waals surface area (Å²) < 4.78 is 40.7. The number of fused-ring (bicyclic) bond motifs is 1. The first kappa shape index (κ1) is 14.2. The Labute approximate surface area is 130 Å². The minimum atomic E-state index is -4.33. The van der Waals surface area contributed by atoms with E-state index in [2.05, 4.69) is 14.5 Å². The molecule has 1 aliphatic carbocycles. The van der Waals surface area contributed by atoms with Crippen molar-refractivity contribution in [1.82, 2.24) is 14.5 Å². The van der Waals surface area contributed by atoms with E-state index >= 15 is 0 Å². The molecule has 2 heterocycles. The van der Waals surface area contributed by atoms with Crippen molar-refractivity contribution in [2.75, 3.05) is 0 Å². The summed E-state index contributed by atoms with van der Waals surface area (Å²) in [4.78, 5) is 8.96. The fourth-order valence-corrected chi connectivity index (χ4v) is 2.86. The van der Waals surface area contributed by atoms with Crippen LogP contribution in [0.3, 0.4) is 0 Å². The third-order valence-electron chi connectivity index (χ3n) is 4.05. The van der Waals surface area contributed by atoms with Crippen molar-refractivity contribution in [1.29, 1.82) is 0 Å². The number of hydrogen-bond donors (Lipinski definition) is 0. The quantitative estimate of drug-likeness (QED) is 0.718. The molecule has 4 rings (SSSR count). The first-order valence-corrected chi connectivity index (χ1v) is 7.50. The van der Waals surface area contributed by atoms with E-state index in [0.717, 1.165) is 35.9 Å². The lowest BCUT2D eigenvalue weighted by Crippen LogP contribution is -2.07. The molecule has 0 N–H and O–H groups in total. The summed E-state index contributed by atoms with van der Waals surface area (Å²) in [6.07, 6.45) is -0.100. The largest absolute Gasteiger partial charge is 0.416 e. The highest BCUT2D eigenvalue weighted by atomic mass is 19.4. The molecule has 2 aromatic heterocycles. The molecule has 23 heavy (non-hydrogen) atoms. The second-order valence-electron chi connectivity index (χ2n) is 5.85. The Morgan fingerprint density at radius 3 is 2.70 bits per heavy atom. The van der Waals surface area contributed by atoms with E-state index in [9.17, 15) is 13.2 Å². The maximum Gasteiger partial charge on any atom is 0.416 e. The maximum absolute atomic E-state index is 12.9. The minimum absolute atomic E-state index is 0.371. The predicted octanol–water partition coefficient (Wildman–Crippen LogP) is 4.38. The molecule has 0 saturated heterocycles. The monoisotopic (exact) mass is 317 g/mol. The molecule has 1 aromatic carbocycles. The first-order valence-electron chi connectivity index (χ1n) is 7.50. The van der Waals surface area contributed by atoms with Gasteiger partial charge >= 0.3 is 6.18 Å². The van der Waals surface area contributed by atoms with Gasteiger partial charge in [-0.3, -0.25) is 0 Å². The number of benzene rings is 1. The van der Waals surface area contributed by atoms with Crippen LogP contribution in [0.2, 0.25) is 0 Å². The van der Waals surface area contributed by atoms with Crippen LogP contribution in [0.5, 0.6) is 0 Å². The molecule has 0 spiro atoms. The van der Waals surface area contributed by atoms with Crippen molar-refractivity contribution in [3.8, 4) is 0 Å². The SMILES string of the molecule is FC(F)(F)c1cccc(Cc2nc3cccnc3n2C2CC2)c1. The van der Waals surface area contributed by atoms with Crippen LogP contribution in [0.4, 0.5) is 13.2 Å². The van der Waals surface area contributed by atoms with Gasteiger partial charge in [-0.25, -0.2) is 9.97 Å². The lowest BCUT2D eigenvalue weighted by Gasteiger charge is -2.10. The van der Waals surface area contributed by atoms with Crippen LogP contribution in [0, 0.1) is 0 Å². The van der Waals surface area contributed by atoms with E-state index in [1.807, 2.05) is 12.1 Å². The molecule has 0 amide bonds. The fourth-order valence-electron chi connectivity index (χ4n) is 2.86. The van der Waals surface area contributed by atoms with E-state index in [1.54, 1.807) is 12.3 Å². The van der Waals surface area contributed by atoms with Gasteiger partial charge in [-0.15, -0.1) is 0 Å². The zero-order valence-corrected chi connectivity index (χ0v) is 12.2. The Hall–Kier alpha value is -2.37. The standard InChI is InChI=1S/C17H14F3N3/c18-17(19,20)12-4-1-3-11(9-12)10-15-22-14-5-2-8-21-16(14)23(15)13-6-7-13/h1-5,8-9,13H,6-7,10H2. The van der Waals surface area contributed by atoms with Crippen LogP contribution in [0.15, 0.2) is 42.6 Å². The summed E-state index contributed by atoms with van der Waals surface area (Å²) in [7, 11) is 0. The van der Waals surface area contributed by atoms with Crippen LogP contribution in [0.1, 0.15) is 35.8 Å². The van der Waals surface area contributed by atoms with E-state index in [-0.39, 0.29) is 0 Å². The lowest BCUT2D eigenvalue weighted by molar-refractivity contribution is -0.137. The molecule has 6 heteroatoms. The Morgan fingerprint density at radius 2 is 1.96 bits per heavy atom. The first-order chi connectivity index (χ1) is 11.0. The second kappa shape index (κ2) is 5.08. The van der Waals surface area contributed by atoms with Crippen LogP contribution >= 0.6 is 0 Å². The number of alkyl halides is 3. The van der Waals surface area contributed by atoms with Crippen molar-refractivity contribution >= 4 is 11.2 Å². The van der Waals surface area contributed by atoms with Crippen molar-refractivity contribution in [2.45, 2.75) is 31.5 Å². The van der Waals surface area contributed by atoms with Gasteiger partial charge in [0.25, 0.3) is 0 Å². The van der Waals surface area contributed by atoms with Crippen molar-refractivity contribution in [3.63, 3.8) is 0 Å². The number of nitrogens with zero attached hydrogens (tertiary/aromatic N) is 3. The van der Waals surface area contributed by atoms with Gasteiger partial charge in [0, 0.05) is 18.7 Å². The summed E-state index contributed by atoms with van der Waals surface area (Å²) in [5.74, 6) is 0.778. The molecule has 0 radical (unpaired) electrons. The number of imidazole rings is 1.